The van der Waals surface area contributed by atoms with E-state index in [2.05, 4.69) is 27.3 Å². The number of aromatic amines is 1. The van der Waals surface area contributed by atoms with Crippen LogP contribution in [0.5, 0.6) is 0 Å². The van der Waals surface area contributed by atoms with Crippen molar-refractivity contribution in [2.24, 2.45) is 5.92 Å². The van der Waals surface area contributed by atoms with Gasteiger partial charge in [0, 0.05) is 30.9 Å². The van der Waals surface area contributed by atoms with E-state index < -0.39 is 11.8 Å². The largest absolute Gasteiger partial charge is 0.334 e. The van der Waals surface area contributed by atoms with Crippen molar-refractivity contribution in [3.05, 3.63) is 33.9 Å². The first kappa shape index (κ1) is 18.8. The fourth-order valence-corrected chi connectivity index (χ4v) is 3.21. The number of hydrogen-bond acceptors (Lipinski definition) is 5. The van der Waals surface area contributed by atoms with Gasteiger partial charge in [0.1, 0.15) is 5.82 Å². The van der Waals surface area contributed by atoms with Gasteiger partial charge >= 0.3 is 11.8 Å². The highest BCUT2D eigenvalue weighted by Crippen LogP contribution is 2.17. The summed E-state index contributed by atoms with van der Waals surface area (Å²) >= 11 is 0. The summed E-state index contributed by atoms with van der Waals surface area (Å²) in [5.74, 6) is -0.418. The van der Waals surface area contributed by atoms with Gasteiger partial charge in [-0.15, -0.1) is 0 Å². The highest BCUT2D eigenvalue weighted by atomic mass is 16.2. The van der Waals surface area contributed by atoms with E-state index in [9.17, 15) is 14.4 Å². The first-order chi connectivity index (χ1) is 12.9. The van der Waals surface area contributed by atoms with Crippen LogP contribution in [0.3, 0.4) is 0 Å². The molecule has 2 aromatic rings. The molecule has 2 N–H and O–H groups in total. The molecule has 0 aromatic carbocycles. The molecule has 1 saturated heterocycles. The van der Waals surface area contributed by atoms with Gasteiger partial charge in [-0.1, -0.05) is 13.8 Å². The third-order valence-corrected chi connectivity index (χ3v) is 4.56. The summed E-state index contributed by atoms with van der Waals surface area (Å²) in [6, 6.07) is 3.04. The normalized spacial score (nSPS) is 17.0. The number of likely N-dealkylation sites (tertiary alicyclic amines) is 1. The number of nitrogens with one attached hydrogen (secondary N) is 2. The van der Waals surface area contributed by atoms with Gasteiger partial charge in [-0.2, -0.15) is 9.78 Å². The molecule has 27 heavy (non-hydrogen) atoms. The van der Waals surface area contributed by atoms with Crippen molar-refractivity contribution in [1.82, 2.24) is 24.6 Å². The number of rotatable bonds is 3. The van der Waals surface area contributed by atoms with Crippen LogP contribution < -0.4 is 10.9 Å². The topological polar surface area (TPSA) is 113 Å². The number of nitrogens with zero attached hydrogens (tertiary/aromatic N) is 4. The van der Waals surface area contributed by atoms with Crippen LogP contribution >= 0.6 is 0 Å². The van der Waals surface area contributed by atoms with Crippen molar-refractivity contribution < 1.29 is 9.59 Å². The molecule has 0 saturated carbocycles. The molecule has 2 aromatic heterocycles. The number of H-pyrrole nitrogens is 1. The van der Waals surface area contributed by atoms with E-state index in [4.69, 9.17) is 0 Å². The maximum Gasteiger partial charge on any atom is 0.315 e. The van der Waals surface area contributed by atoms with Crippen LogP contribution in [-0.2, 0) is 16.0 Å². The third kappa shape index (κ3) is 4.24. The van der Waals surface area contributed by atoms with Crippen LogP contribution in [0.15, 0.2) is 16.9 Å². The number of amides is 2. The number of aryl methyl sites for hydroxylation is 2. The molecule has 1 fully saturated rings. The van der Waals surface area contributed by atoms with Gasteiger partial charge in [0.15, 0.2) is 0 Å². The number of carbonyl (C=O) groups excluding carboxylic acids is 2. The summed E-state index contributed by atoms with van der Waals surface area (Å²) in [4.78, 5) is 45.3. The van der Waals surface area contributed by atoms with Crippen molar-refractivity contribution in [2.45, 2.75) is 40.0 Å². The Kier molecular flexibility index (Phi) is 5.38. The fraction of sp³-hybridized carbons (Fsp3) is 0.500. The van der Waals surface area contributed by atoms with Gasteiger partial charge in [0.05, 0.1) is 5.69 Å². The Balaban J connectivity index is 1.84. The number of carbonyl (C=O) groups is 2. The predicted octanol–water partition coefficient (Wildman–Crippen LogP) is 1.02. The average molecular weight is 372 g/mol. The zero-order valence-electron chi connectivity index (χ0n) is 15.8. The fourth-order valence-electron chi connectivity index (χ4n) is 3.21. The lowest BCUT2D eigenvalue weighted by molar-refractivity contribution is -0.144. The van der Waals surface area contributed by atoms with Gasteiger partial charge in [0.2, 0.25) is 5.95 Å². The van der Waals surface area contributed by atoms with E-state index in [1.54, 1.807) is 17.9 Å². The molecule has 0 bridgehead atoms. The highest BCUT2D eigenvalue weighted by molar-refractivity contribution is 6.39. The van der Waals surface area contributed by atoms with Crippen molar-refractivity contribution >= 4 is 17.6 Å². The summed E-state index contributed by atoms with van der Waals surface area (Å²) in [6.07, 6.45) is 2.54. The van der Waals surface area contributed by atoms with Crippen molar-refractivity contribution in [3.8, 4) is 5.95 Å². The molecule has 144 valence electrons. The molecule has 2 amide bonds. The SMILES string of the molecule is CCc1cc(=O)[nH]c(-n2nc(C)cc2NC(=O)C(=O)N2CCC[C@H](C)C2)n1. The molecule has 3 heterocycles. The lowest BCUT2D eigenvalue weighted by Gasteiger charge is -2.30. The zero-order valence-corrected chi connectivity index (χ0v) is 15.8. The van der Waals surface area contributed by atoms with Crippen molar-refractivity contribution in [2.75, 3.05) is 18.4 Å². The summed E-state index contributed by atoms with van der Waals surface area (Å²) in [7, 11) is 0. The first-order valence-electron chi connectivity index (χ1n) is 9.15. The molecule has 1 atom stereocenters. The molecule has 9 nitrogen and oxygen atoms in total. The number of aromatic nitrogens is 4. The van der Waals surface area contributed by atoms with Crippen LogP contribution in [0.25, 0.3) is 5.95 Å². The minimum atomic E-state index is -0.723. The van der Waals surface area contributed by atoms with Gasteiger partial charge in [-0.3, -0.25) is 19.4 Å². The molecule has 0 spiro atoms. The molecular formula is C18H24N6O3. The minimum Gasteiger partial charge on any atom is -0.334 e. The van der Waals surface area contributed by atoms with Crippen LogP contribution in [-0.4, -0.2) is 49.6 Å². The molecular weight excluding hydrogens is 348 g/mol. The zero-order chi connectivity index (χ0) is 19.6. The Hall–Kier alpha value is -2.97. The molecule has 0 unspecified atom stereocenters. The van der Waals surface area contributed by atoms with Crippen LogP contribution in [0.1, 0.15) is 38.1 Å². The van der Waals surface area contributed by atoms with Crippen LogP contribution in [0.2, 0.25) is 0 Å². The van der Waals surface area contributed by atoms with Crippen LogP contribution in [0.4, 0.5) is 5.82 Å². The number of hydrogen-bond donors (Lipinski definition) is 2. The molecule has 0 radical (unpaired) electrons. The smallest absolute Gasteiger partial charge is 0.315 e. The summed E-state index contributed by atoms with van der Waals surface area (Å²) in [6.45, 7) is 6.88. The average Bonchev–Trinajstić information content (AvgIpc) is 3.00. The second kappa shape index (κ2) is 7.73. The van der Waals surface area contributed by atoms with Gasteiger partial charge < -0.3 is 10.2 Å². The first-order valence-corrected chi connectivity index (χ1v) is 9.15. The molecule has 0 aliphatic carbocycles. The van der Waals surface area contributed by atoms with E-state index in [1.807, 2.05) is 6.92 Å². The summed E-state index contributed by atoms with van der Waals surface area (Å²) in [5, 5.41) is 6.89. The van der Waals surface area contributed by atoms with E-state index in [0.29, 0.717) is 36.8 Å². The monoisotopic (exact) mass is 372 g/mol. The van der Waals surface area contributed by atoms with E-state index in [-0.39, 0.29) is 17.3 Å². The van der Waals surface area contributed by atoms with Gasteiger partial charge in [-0.25, -0.2) is 4.98 Å². The Morgan fingerprint density at radius 2 is 2.15 bits per heavy atom. The quantitative estimate of drug-likeness (QED) is 0.781. The lowest BCUT2D eigenvalue weighted by atomic mass is 10.0. The van der Waals surface area contributed by atoms with E-state index in [1.165, 1.54) is 10.7 Å². The molecule has 1 aliphatic heterocycles. The summed E-state index contributed by atoms with van der Waals surface area (Å²) in [5.41, 5.74) is 0.923. The van der Waals surface area contributed by atoms with E-state index in [0.717, 1.165) is 12.8 Å². The number of anilines is 1. The summed E-state index contributed by atoms with van der Waals surface area (Å²) < 4.78 is 1.33. The second-order valence-corrected chi connectivity index (χ2v) is 6.95. The Morgan fingerprint density at radius 1 is 1.37 bits per heavy atom. The van der Waals surface area contributed by atoms with Gasteiger partial charge in [0.25, 0.3) is 5.56 Å². The predicted molar refractivity (Wildman–Crippen MR) is 99.7 cm³/mol. The third-order valence-electron chi connectivity index (χ3n) is 4.56. The van der Waals surface area contributed by atoms with Gasteiger partial charge in [-0.05, 0) is 32.1 Å². The number of piperidine rings is 1. The maximum absolute atomic E-state index is 12.5. The second-order valence-electron chi connectivity index (χ2n) is 6.95. The standard InChI is InChI=1S/C18H24N6O3/c1-4-13-9-15(25)21-18(19-13)24-14(8-12(3)22-24)20-16(26)17(27)23-7-5-6-11(2)10-23/h8-9,11H,4-7,10H2,1-3H3,(H,20,26)(H,19,21,25)/t11-/m0/s1. The minimum absolute atomic E-state index is 0.196. The van der Waals surface area contributed by atoms with Crippen molar-refractivity contribution in [3.63, 3.8) is 0 Å². The maximum atomic E-state index is 12.5. The lowest BCUT2D eigenvalue weighted by Crippen LogP contribution is -2.44. The van der Waals surface area contributed by atoms with E-state index >= 15 is 0 Å². The highest BCUT2D eigenvalue weighted by Gasteiger charge is 2.27. The molecule has 1 aliphatic rings. The molecule has 9 heteroatoms. The Labute approximate surface area is 156 Å². The Bertz CT molecular complexity index is 916. The van der Waals surface area contributed by atoms with Crippen molar-refractivity contribution in [1.29, 1.82) is 0 Å². The molecule has 3 rings (SSSR count). The Morgan fingerprint density at radius 3 is 2.85 bits per heavy atom. The van der Waals surface area contributed by atoms with Crippen LogP contribution in [0, 0.1) is 12.8 Å².